The number of carbonyl (C=O) groups is 2. The van der Waals surface area contributed by atoms with Gasteiger partial charge in [-0.05, 0) is 29.5 Å². The molecule has 0 fully saturated rings. The molecule has 1 aromatic rings. The number of nitrogens with zero attached hydrogens (tertiary/aromatic N) is 1. The van der Waals surface area contributed by atoms with Crippen LogP contribution in [0.15, 0.2) is 18.2 Å². The maximum absolute atomic E-state index is 12.2. The second kappa shape index (κ2) is 9.42. The molecule has 0 bridgehead atoms. The Morgan fingerprint density at radius 3 is 2.50 bits per heavy atom. The number of carbonyl (C=O) groups excluding carboxylic acids is 2. The number of fused-ring (bicyclic) bond motifs is 1. The smallest absolute Gasteiger partial charge is 0.223 e. The molecule has 5 nitrogen and oxygen atoms in total. The molecular formula is C19H29N3O2. The summed E-state index contributed by atoms with van der Waals surface area (Å²) in [6, 6.07) is 6.32. The van der Waals surface area contributed by atoms with Crippen molar-refractivity contribution < 1.29 is 9.59 Å². The Labute approximate surface area is 144 Å². The van der Waals surface area contributed by atoms with Gasteiger partial charge in [-0.2, -0.15) is 0 Å². The van der Waals surface area contributed by atoms with Crippen LogP contribution >= 0.6 is 0 Å². The molecule has 0 spiro atoms. The lowest BCUT2D eigenvalue weighted by atomic mass is 10.1. The van der Waals surface area contributed by atoms with E-state index in [2.05, 4.69) is 42.7 Å². The molecule has 0 saturated heterocycles. The predicted molar refractivity (Wildman–Crippen MR) is 95.2 cm³/mol. The summed E-state index contributed by atoms with van der Waals surface area (Å²) in [4.78, 5) is 26.0. The van der Waals surface area contributed by atoms with Crippen molar-refractivity contribution in [2.45, 2.75) is 59.2 Å². The highest BCUT2D eigenvalue weighted by Crippen LogP contribution is 2.16. The molecule has 2 rings (SSSR count). The first-order valence-corrected chi connectivity index (χ1v) is 8.99. The van der Waals surface area contributed by atoms with E-state index < -0.39 is 0 Å². The highest BCUT2D eigenvalue weighted by Gasteiger charge is 2.14. The molecule has 5 heteroatoms. The predicted octanol–water partition coefficient (Wildman–Crippen LogP) is 2.33. The van der Waals surface area contributed by atoms with Gasteiger partial charge in [-0.3, -0.25) is 9.59 Å². The van der Waals surface area contributed by atoms with Crippen molar-refractivity contribution in [3.8, 4) is 0 Å². The van der Waals surface area contributed by atoms with Crippen LogP contribution in [0.5, 0.6) is 0 Å². The van der Waals surface area contributed by atoms with E-state index in [4.69, 9.17) is 0 Å². The fraction of sp³-hybridized carbons (Fsp3) is 0.579. The summed E-state index contributed by atoms with van der Waals surface area (Å²) < 4.78 is 0. The van der Waals surface area contributed by atoms with E-state index >= 15 is 0 Å². The molecule has 0 aromatic heterocycles. The topological polar surface area (TPSA) is 61.4 Å². The maximum Gasteiger partial charge on any atom is 0.223 e. The standard InChI is InChI=1S/C19H29N3O2/c1-3-9-22(10-4-2)19(24)8-7-18(23)21-12-15-5-6-16-13-20-14-17(16)11-15/h5-6,11,20H,3-4,7-10,12-14H2,1-2H3,(H,21,23). The highest BCUT2D eigenvalue weighted by molar-refractivity contribution is 5.83. The molecule has 2 amide bonds. The average molecular weight is 331 g/mol. The van der Waals surface area contributed by atoms with E-state index in [1.54, 1.807) is 0 Å². The minimum absolute atomic E-state index is 0.0603. The number of amides is 2. The summed E-state index contributed by atoms with van der Waals surface area (Å²) in [5, 5.41) is 6.23. The van der Waals surface area contributed by atoms with E-state index in [0.29, 0.717) is 13.0 Å². The third kappa shape index (κ3) is 5.34. The van der Waals surface area contributed by atoms with Crippen molar-refractivity contribution in [2.24, 2.45) is 0 Å². The summed E-state index contributed by atoms with van der Waals surface area (Å²) in [7, 11) is 0. The second-order valence-electron chi connectivity index (χ2n) is 6.36. The molecule has 0 saturated carbocycles. The Morgan fingerprint density at radius 2 is 1.79 bits per heavy atom. The van der Waals surface area contributed by atoms with Gasteiger partial charge in [0.2, 0.25) is 11.8 Å². The quantitative estimate of drug-likeness (QED) is 0.730. The molecule has 2 N–H and O–H groups in total. The fourth-order valence-electron chi connectivity index (χ4n) is 3.03. The van der Waals surface area contributed by atoms with Gasteiger partial charge in [-0.25, -0.2) is 0 Å². The lowest BCUT2D eigenvalue weighted by Crippen LogP contribution is -2.33. The second-order valence-corrected chi connectivity index (χ2v) is 6.36. The van der Waals surface area contributed by atoms with Crippen LogP contribution in [-0.4, -0.2) is 29.8 Å². The fourth-order valence-corrected chi connectivity index (χ4v) is 3.03. The van der Waals surface area contributed by atoms with Gasteiger partial charge in [-0.15, -0.1) is 0 Å². The zero-order chi connectivity index (χ0) is 17.4. The molecular weight excluding hydrogens is 302 g/mol. The zero-order valence-corrected chi connectivity index (χ0v) is 14.9. The summed E-state index contributed by atoms with van der Waals surface area (Å²) in [6.45, 7) is 8.03. The molecule has 24 heavy (non-hydrogen) atoms. The Bertz CT molecular complexity index is 566. The number of hydrogen-bond donors (Lipinski definition) is 2. The van der Waals surface area contributed by atoms with Gasteiger partial charge in [0.25, 0.3) is 0 Å². The summed E-state index contributed by atoms with van der Waals surface area (Å²) in [5.74, 6) is 0.0207. The van der Waals surface area contributed by atoms with Crippen molar-refractivity contribution in [1.82, 2.24) is 15.5 Å². The van der Waals surface area contributed by atoms with E-state index in [1.807, 2.05) is 4.90 Å². The van der Waals surface area contributed by atoms with Crippen LogP contribution in [0.4, 0.5) is 0 Å². The normalized spacial score (nSPS) is 12.8. The van der Waals surface area contributed by atoms with Crippen LogP contribution in [0, 0.1) is 0 Å². The van der Waals surface area contributed by atoms with Gasteiger partial charge in [0.15, 0.2) is 0 Å². The lowest BCUT2D eigenvalue weighted by Gasteiger charge is -2.21. The van der Waals surface area contributed by atoms with Crippen molar-refractivity contribution in [3.63, 3.8) is 0 Å². The van der Waals surface area contributed by atoms with E-state index in [9.17, 15) is 9.59 Å². The van der Waals surface area contributed by atoms with Gasteiger partial charge in [0.05, 0.1) is 0 Å². The van der Waals surface area contributed by atoms with Crippen LogP contribution < -0.4 is 10.6 Å². The summed E-state index contributed by atoms with van der Waals surface area (Å²) in [5.41, 5.74) is 3.75. The first-order chi connectivity index (χ1) is 11.6. The molecule has 1 aliphatic heterocycles. The molecule has 1 aliphatic rings. The largest absolute Gasteiger partial charge is 0.352 e. The Hall–Kier alpha value is -1.88. The first-order valence-electron chi connectivity index (χ1n) is 8.99. The lowest BCUT2D eigenvalue weighted by molar-refractivity contribution is -0.133. The zero-order valence-electron chi connectivity index (χ0n) is 14.9. The van der Waals surface area contributed by atoms with Crippen LogP contribution in [-0.2, 0) is 29.2 Å². The average Bonchev–Trinajstić information content (AvgIpc) is 3.05. The van der Waals surface area contributed by atoms with Crippen molar-refractivity contribution >= 4 is 11.8 Å². The van der Waals surface area contributed by atoms with Gasteiger partial charge >= 0.3 is 0 Å². The maximum atomic E-state index is 12.2. The first kappa shape index (κ1) is 18.5. The van der Waals surface area contributed by atoms with Crippen LogP contribution in [0.2, 0.25) is 0 Å². The van der Waals surface area contributed by atoms with Gasteiger partial charge in [0.1, 0.15) is 0 Å². The van der Waals surface area contributed by atoms with Crippen molar-refractivity contribution in [2.75, 3.05) is 13.1 Å². The van der Waals surface area contributed by atoms with Crippen LogP contribution in [0.1, 0.15) is 56.2 Å². The van der Waals surface area contributed by atoms with Crippen LogP contribution in [0.3, 0.4) is 0 Å². The number of rotatable bonds is 9. The van der Waals surface area contributed by atoms with Crippen LogP contribution in [0.25, 0.3) is 0 Å². The minimum Gasteiger partial charge on any atom is -0.352 e. The molecule has 0 unspecified atom stereocenters. The molecule has 0 atom stereocenters. The number of benzene rings is 1. The van der Waals surface area contributed by atoms with Gasteiger partial charge in [-0.1, -0.05) is 32.0 Å². The highest BCUT2D eigenvalue weighted by atomic mass is 16.2. The molecule has 0 radical (unpaired) electrons. The number of hydrogen-bond acceptors (Lipinski definition) is 3. The minimum atomic E-state index is -0.0603. The van der Waals surface area contributed by atoms with Crippen molar-refractivity contribution in [1.29, 1.82) is 0 Å². The number of nitrogens with one attached hydrogen (secondary N) is 2. The Morgan fingerprint density at radius 1 is 1.08 bits per heavy atom. The van der Waals surface area contributed by atoms with Gasteiger partial charge in [0, 0.05) is 45.6 Å². The third-order valence-electron chi connectivity index (χ3n) is 4.30. The SMILES string of the molecule is CCCN(CCC)C(=O)CCC(=O)NCc1ccc2c(c1)CNC2. The third-order valence-corrected chi connectivity index (χ3v) is 4.30. The monoisotopic (exact) mass is 331 g/mol. The summed E-state index contributed by atoms with van der Waals surface area (Å²) in [6.07, 6.45) is 2.45. The van der Waals surface area contributed by atoms with Gasteiger partial charge < -0.3 is 15.5 Å². The van der Waals surface area contributed by atoms with E-state index in [0.717, 1.165) is 44.6 Å². The molecule has 132 valence electrons. The van der Waals surface area contributed by atoms with E-state index in [1.165, 1.54) is 11.1 Å². The Kier molecular flexibility index (Phi) is 7.25. The molecule has 1 aromatic carbocycles. The Balaban J connectivity index is 1.74. The van der Waals surface area contributed by atoms with Crippen molar-refractivity contribution in [3.05, 3.63) is 34.9 Å². The van der Waals surface area contributed by atoms with E-state index in [-0.39, 0.29) is 18.2 Å². The molecule has 1 heterocycles. The summed E-state index contributed by atoms with van der Waals surface area (Å²) >= 11 is 0. The molecule has 0 aliphatic carbocycles.